The van der Waals surface area contributed by atoms with Crippen molar-refractivity contribution in [3.8, 4) is 0 Å². The third kappa shape index (κ3) is 2.60. The number of carbonyl (C=O) groups excluding carboxylic acids is 2. The summed E-state index contributed by atoms with van der Waals surface area (Å²) in [5.74, 6) is -0.417. The van der Waals surface area contributed by atoms with Crippen molar-refractivity contribution in [3.63, 3.8) is 0 Å². The van der Waals surface area contributed by atoms with Gasteiger partial charge in [0.2, 0.25) is 16.9 Å². The second-order valence-electron chi connectivity index (χ2n) is 4.02. The summed E-state index contributed by atoms with van der Waals surface area (Å²) in [7, 11) is 1.70. The van der Waals surface area contributed by atoms with Gasteiger partial charge in [-0.05, 0) is 6.42 Å². The molecule has 1 fully saturated rings. The number of hydrogen-bond acceptors (Lipinski definition) is 5. The number of hydrogen-bond donors (Lipinski definition) is 1. The first-order chi connectivity index (χ1) is 8.10. The smallest absolute Gasteiger partial charge is 0.231 e. The minimum absolute atomic E-state index is 0.0108. The van der Waals surface area contributed by atoms with Gasteiger partial charge in [0, 0.05) is 20.0 Å². The average molecular weight is 254 g/mol. The molecule has 1 unspecified atom stereocenters. The van der Waals surface area contributed by atoms with Crippen LogP contribution in [0.2, 0.25) is 0 Å². The number of carbonyl (C=O) groups is 2. The Balaban J connectivity index is 1.95. The summed E-state index contributed by atoms with van der Waals surface area (Å²) in [4.78, 5) is 24.7. The van der Waals surface area contributed by atoms with Gasteiger partial charge in [-0.15, -0.1) is 10.2 Å². The standard InChI is InChI=1S/C10H14N4O2S/c1-3-7-12-13-10(17-7)11-9(16)6-4-8(15)14(2)5-6/h6H,3-5H2,1-2H3,(H,11,13,16). The molecule has 0 saturated carbocycles. The average Bonchev–Trinajstić information content (AvgIpc) is 2.87. The van der Waals surface area contributed by atoms with E-state index in [2.05, 4.69) is 15.5 Å². The number of aryl methyl sites for hydroxylation is 1. The van der Waals surface area contributed by atoms with Crippen LogP contribution in [0.3, 0.4) is 0 Å². The van der Waals surface area contributed by atoms with E-state index in [1.165, 1.54) is 11.3 Å². The van der Waals surface area contributed by atoms with Gasteiger partial charge in [0.05, 0.1) is 5.92 Å². The highest BCUT2D eigenvalue weighted by molar-refractivity contribution is 7.15. The van der Waals surface area contributed by atoms with Gasteiger partial charge >= 0.3 is 0 Å². The molecular weight excluding hydrogens is 240 g/mol. The topological polar surface area (TPSA) is 75.2 Å². The normalized spacial score (nSPS) is 19.8. The second kappa shape index (κ2) is 4.79. The SMILES string of the molecule is CCc1nnc(NC(=O)C2CC(=O)N(C)C2)s1. The maximum absolute atomic E-state index is 11.9. The van der Waals surface area contributed by atoms with E-state index in [1.54, 1.807) is 11.9 Å². The summed E-state index contributed by atoms with van der Waals surface area (Å²) >= 11 is 1.37. The van der Waals surface area contributed by atoms with Crippen LogP contribution >= 0.6 is 11.3 Å². The molecule has 1 aromatic heterocycles. The molecule has 2 heterocycles. The van der Waals surface area contributed by atoms with Crippen molar-refractivity contribution in [2.24, 2.45) is 5.92 Å². The lowest BCUT2D eigenvalue weighted by Crippen LogP contribution is -2.25. The van der Waals surface area contributed by atoms with E-state index in [4.69, 9.17) is 0 Å². The fraction of sp³-hybridized carbons (Fsp3) is 0.600. The van der Waals surface area contributed by atoms with E-state index < -0.39 is 0 Å². The van der Waals surface area contributed by atoms with Crippen LogP contribution in [0.4, 0.5) is 5.13 Å². The van der Waals surface area contributed by atoms with Crippen molar-refractivity contribution in [1.82, 2.24) is 15.1 Å². The van der Waals surface area contributed by atoms with E-state index in [-0.39, 0.29) is 24.2 Å². The van der Waals surface area contributed by atoms with E-state index in [0.29, 0.717) is 11.7 Å². The molecule has 1 saturated heterocycles. The quantitative estimate of drug-likeness (QED) is 0.853. The van der Waals surface area contributed by atoms with Crippen LogP contribution in [0.25, 0.3) is 0 Å². The van der Waals surface area contributed by atoms with Gasteiger partial charge < -0.3 is 10.2 Å². The highest BCUT2D eigenvalue weighted by atomic mass is 32.1. The Morgan fingerprint density at radius 1 is 1.59 bits per heavy atom. The highest BCUT2D eigenvalue weighted by Crippen LogP contribution is 2.20. The van der Waals surface area contributed by atoms with Crippen molar-refractivity contribution in [2.75, 3.05) is 18.9 Å². The molecule has 7 heteroatoms. The predicted molar refractivity (Wildman–Crippen MR) is 63.7 cm³/mol. The van der Waals surface area contributed by atoms with Crippen LogP contribution in [-0.4, -0.2) is 40.5 Å². The van der Waals surface area contributed by atoms with Gasteiger partial charge in [-0.1, -0.05) is 18.3 Å². The molecule has 92 valence electrons. The van der Waals surface area contributed by atoms with Crippen LogP contribution in [0, 0.1) is 5.92 Å². The number of nitrogens with one attached hydrogen (secondary N) is 1. The number of rotatable bonds is 3. The molecule has 1 aliphatic rings. The summed E-state index contributed by atoms with van der Waals surface area (Å²) in [6, 6.07) is 0. The zero-order valence-electron chi connectivity index (χ0n) is 9.77. The first kappa shape index (κ1) is 12.0. The summed E-state index contributed by atoms with van der Waals surface area (Å²) in [6.07, 6.45) is 1.08. The lowest BCUT2D eigenvalue weighted by molar-refractivity contribution is -0.127. The molecule has 0 bridgehead atoms. The highest BCUT2D eigenvalue weighted by Gasteiger charge is 2.32. The van der Waals surface area contributed by atoms with Crippen LogP contribution in [-0.2, 0) is 16.0 Å². The molecule has 0 radical (unpaired) electrons. The predicted octanol–water partition coefficient (Wildman–Crippen LogP) is 0.517. The Morgan fingerprint density at radius 3 is 2.88 bits per heavy atom. The maximum atomic E-state index is 11.9. The van der Waals surface area contributed by atoms with E-state index in [0.717, 1.165) is 11.4 Å². The molecule has 0 spiro atoms. The Bertz CT molecular complexity index is 445. The van der Waals surface area contributed by atoms with Gasteiger partial charge in [0.1, 0.15) is 5.01 Å². The van der Waals surface area contributed by atoms with Crippen LogP contribution in [0.5, 0.6) is 0 Å². The minimum atomic E-state index is -0.276. The van der Waals surface area contributed by atoms with Gasteiger partial charge in [-0.2, -0.15) is 0 Å². The lowest BCUT2D eigenvalue weighted by atomic mass is 10.1. The van der Waals surface area contributed by atoms with Crippen molar-refractivity contribution in [2.45, 2.75) is 19.8 Å². The molecule has 2 amide bonds. The molecule has 1 aliphatic heterocycles. The van der Waals surface area contributed by atoms with Crippen molar-refractivity contribution in [3.05, 3.63) is 5.01 Å². The number of amides is 2. The number of aromatic nitrogens is 2. The monoisotopic (exact) mass is 254 g/mol. The molecule has 1 atom stereocenters. The second-order valence-corrected chi connectivity index (χ2v) is 5.08. The Labute approximate surface area is 103 Å². The first-order valence-corrected chi connectivity index (χ1v) is 6.29. The summed E-state index contributed by atoms with van der Waals surface area (Å²) in [5.41, 5.74) is 0. The minimum Gasteiger partial charge on any atom is -0.345 e. The molecule has 1 N–H and O–H groups in total. The number of likely N-dealkylation sites (tertiary alicyclic amines) is 1. The molecular formula is C10H14N4O2S. The van der Waals surface area contributed by atoms with Crippen LogP contribution in [0.1, 0.15) is 18.4 Å². The Hall–Kier alpha value is -1.50. The first-order valence-electron chi connectivity index (χ1n) is 5.47. The molecule has 0 aliphatic carbocycles. The molecule has 2 rings (SSSR count). The third-order valence-electron chi connectivity index (χ3n) is 2.71. The number of anilines is 1. The van der Waals surface area contributed by atoms with E-state index in [9.17, 15) is 9.59 Å². The Morgan fingerprint density at radius 2 is 2.35 bits per heavy atom. The van der Waals surface area contributed by atoms with E-state index >= 15 is 0 Å². The fourth-order valence-corrected chi connectivity index (χ4v) is 2.38. The summed E-state index contributed by atoms with van der Waals surface area (Å²) in [5, 5.41) is 11.9. The Kier molecular flexibility index (Phi) is 3.37. The third-order valence-corrected chi connectivity index (χ3v) is 3.69. The lowest BCUT2D eigenvalue weighted by Gasteiger charge is -2.08. The summed E-state index contributed by atoms with van der Waals surface area (Å²) < 4.78 is 0. The summed E-state index contributed by atoms with van der Waals surface area (Å²) in [6.45, 7) is 2.46. The fourth-order valence-electron chi connectivity index (χ4n) is 1.69. The van der Waals surface area contributed by atoms with Crippen molar-refractivity contribution in [1.29, 1.82) is 0 Å². The maximum Gasteiger partial charge on any atom is 0.231 e. The van der Waals surface area contributed by atoms with Crippen LogP contribution < -0.4 is 5.32 Å². The van der Waals surface area contributed by atoms with Gasteiger partial charge in [0.15, 0.2) is 0 Å². The number of nitrogens with zero attached hydrogens (tertiary/aromatic N) is 3. The van der Waals surface area contributed by atoms with Crippen molar-refractivity contribution >= 4 is 28.3 Å². The van der Waals surface area contributed by atoms with Gasteiger partial charge in [-0.25, -0.2) is 0 Å². The van der Waals surface area contributed by atoms with Gasteiger partial charge in [0.25, 0.3) is 0 Å². The molecule has 0 aromatic carbocycles. The van der Waals surface area contributed by atoms with Crippen molar-refractivity contribution < 1.29 is 9.59 Å². The molecule has 6 nitrogen and oxygen atoms in total. The zero-order valence-corrected chi connectivity index (χ0v) is 10.6. The van der Waals surface area contributed by atoms with Gasteiger partial charge in [-0.3, -0.25) is 9.59 Å². The largest absolute Gasteiger partial charge is 0.345 e. The zero-order chi connectivity index (χ0) is 12.4. The molecule has 17 heavy (non-hydrogen) atoms. The van der Waals surface area contributed by atoms with Crippen LogP contribution in [0.15, 0.2) is 0 Å². The molecule has 1 aromatic rings. The van der Waals surface area contributed by atoms with E-state index in [1.807, 2.05) is 6.92 Å².